The lowest BCUT2D eigenvalue weighted by Crippen LogP contribution is -2.39. The monoisotopic (exact) mass is 326 g/mol. The SMILES string of the molecule is CC(=O)Nc1ccc(C(=O)N2CCC(Cn3ccnc3)CC2)cc1. The van der Waals surface area contributed by atoms with Gasteiger partial charge >= 0.3 is 0 Å². The van der Waals surface area contributed by atoms with Crippen molar-refractivity contribution < 1.29 is 9.59 Å². The van der Waals surface area contributed by atoms with Gasteiger partial charge in [0.2, 0.25) is 5.91 Å². The zero-order valence-electron chi connectivity index (χ0n) is 13.8. The predicted molar refractivity (Wildman–Crippen MR) is 91.6 cm³/mol. The van der Waals surface area contributed by atoms with Crippen LogP contribution < -0.4 is 5.32 Å². The fraction of sp³-hybridized carbons (Fsp3) is 0.389. The molecule has 1 aliphatic heterocycles. The van der Waals surface area contributed by atoms with Gasteiger partial charge in [-0.05, 0) is 43.0 Å². The lowest BCUT2D eigenvalue weighted by atomic mass is 9.96. The Kier molecular flexibility index (Phi) is 4.93. The Balaban J connectivity index is 1.54. The minimum Gasteiger partial charge on any atom is -0.339 e. The number of nitrogens with one attached hydrogen (secondary N) is 1. The number of nitrogens with zero attached hydrogens (tertiary/aromatic N) is 3. The number of imidazole rings is 1. The topological polar surface area (TPSA) is 67.2 Å². The number of rotatable bonds is 4. The molecule has 1 aromatic carbocycles. The zero-order valence-corrected chi connectivity index (χ0v) is 13.8. The highest BCUT2D eigenvalue weighted by Crippen LogP contribution is 2.21. The van der Waals surface area contributed by atoms with Gasteiger partial charge < -0.3 is 14.8 Å². The van der Waals surface area contributed by atoms with Crippen molar-refractivity contribution in [3.8, 4) is 0 Å². The summed E-state index contributed by atoms with van der Waals surface area (Å²) in [6.45, 7) is 4.00. The van der Waals surface area contributed by atoms with Crippen LogP contribution in [0.2, 0.25) is 0 Å². The van der Waals surface area contributed by atoms with E-state index in [4.69, 9.17) is 0 Å². The number of carbonyl (C=O) groups excluding carboxylic acids is 2. The second kappa shape index (κ2) is 7.29. The van der Waals surface area contributed by atoms with Crippen molar-refractivity contribution in [2.45, 2.75) is 26.3 Å². The molecule has 6 heteroatoms. The maximum Gasteiger partial charge on any atom is 0.253 e. The Morgan fingerprint density at radius 3 is 2.50 bits per heavy atom. The third-order valence-corrected chi connectivity index (χ3v) is 4.38. The molecule has 0 atom stereocenters. The van der Waals surface area contributed by atoms with E-state index in [1.807, 2.05) is 17.4 Å². The molecule has 1 N–H and O–H groups in total. The van der Waals surface area contributed by atoms with Gasteiger partial charge in [0.05, 0.1) is 6.33 Å². The van der Waals surface area contributed by atoms with Crippen molar-refractivity contribution >= 4 is 17.5 Å². The van der Waals surface area contributed by atoms with Gasteiger partial charge in [0.25, 0.3) is 5.91 Å². The molecule has 0 saturated carbocycles. The fourth-order valence-corrected chi connectivity index (χ4v) is 3.09. The summed E-state index contributed by atoms with van der Waals surface area (Å²) in [6.07, 6.45) is 7.63. The van der Waals surface area contributed by atoms with Crippen molar-refractivity contribution in [1.82, 2.24) is 14.5 Å². The Labute approximate surface area is 141 Å². The molecule has 6 nitrogen and oxygen atoms in total. The minimum atomic E-state index is -0.117. The molecule has 2 heterocycles. The van der Waals surface area contributed by atoms with Gasteiger partial charge in [-0.3, -0.25) is 9.59 Å². The Hall–Kier alpha value is -2.63. The normalized spacial score (nSPS) is 15.3. The Morgan fingerprint density at radius 1 is 1.21 bits per heavy atom. The number of likely N-dealkylation sites (tertiary alicyclic amines) is 1. The standard InChI is InChI=1S/C18H22N4O2/c1-14(23)20-17-4-2-16(3-5-17)18(24)22-9-6-15(7-10-22)12-21-11-8-19-13-21/h2-5,8,11,13,15H,6-7,9-10,12H2,1H3,(H,20,23). The Morgan fingerprint density at radius 2 is 1.92 bits per heavy atom. The minimum absolute atomic E-state index is 0.0606. The average Bonchev–Trinajstić information content (AvgIpc) is 3.08. The van der Waals surface area contributed by atoms with Crippen LogP contribution in [0.4, 0.5) is 5.69 Å². The summed E-state index contributed by atoms with van der Waals surface area (Å²) in [4.78, 5) is 29.6. The van der Waals surface area contributed by atoms with Crippen LogP contribution in [0.25, 0.3) is 0 Å². The Bertz CT molecular complexity index is 686. The number of benzene rings is 1. The van der Waals surface area contributed by atoms with Crippen LogP contribution in [0.3, 0.4) is 0 Å². The van der Waals surface area contributed by atoms with Crippen LogP contribution in [-0.4, -0.2) is 39.4 Å². The number of piperidine rings is 1. The van der Waals surface area contributed by atoms with Gasteiger partial charge in [0, 0.05) is 50.2 Å². The van der Waals surface area contributed by atoms with Crippen molar-refractivity contribution in [2.75, 3.05) is 18.4 Å². The number of anilines is 1. The van der Waals surface area contributed by atoms with Crippen molar-refractivity contribution in [1.29, 1.82) is 0 Å². The maximum absolute atomic E-state index is 12.6. The maximum atomic E-state index is 12.6. The van der Waals surface area contributed by atoms with Gasteiger partial charge in [0.1, 0.15) is 0 Å². The third-order valence-electron chi connectivity index (χ3n) is 4.38. The summed E-state index contributed by atoms with van der Waals surface area (Å²) >= 11 is 0. The van der Waals surface area contributed by atoms with Gasteiger partial charge in [-0.2, -0.15) is 0 Å². The third kappa shape index (κ3) is 4.01. The molecule has 0 unspecified atom stereocenters. The first-order valence-corrected chi connectivity index (χ1v) is 8.24. The molecule has 1 fully saturated rings. The molecule has 0 bridgehead atoms. The van der Waals surface area contributed by atoms with E-state index < -0.39 is 0 Å². The van der Waals surface area contributed by atoms with Crippen LogP contribution >= 0.6 is 0 Å². The number of hydrogen-bond donors (Lipinski definition) is 1. The molecule has 2 amide bonds. The van der Waals surface area contributed by atoms with Crippen molar-refractivity contribution in [3.05, 3.63) is 48.5 Å². The number of hydrogen-bond acceptors (Lipinski definition) is 3. The molecule has 1 aliphatic rings. The molecule has 2 aromatic rings. The quantitative estimate of drug-likeness (QED) is 0.938. The molecule has 0 radical (unpaired) electrons. The summed E-state index contributed by atoms with van der Waals surface area (Å²) in [5.41, 5.74) is 1.37. The molecule has 126 valence electrons. The number of amides is 2. The van der Waals surface area contributed by atoms with Crippen LogP contribution in [0.1, 0.15) is 30.1 Å². The highest BCUT2D eigenvalue weighted by Gasteiger charge is 2.23. The van der Waals surface area contributed by atoms with Crippen LogP contribution in [0.15, 0.2) is 43.0 Å². The highest BCUT2D eigenvalue weighted by atomic mass is 16.2. The summed E-state index contributed by atoms with van der Waals surface area (Å²) in [6, 6.07) is 7.07. The molecule has 0 aliphatic carbocycles. The van der Waals surface area contributed by atoms with E-state index in [2.05, 4.69) is 14.9 Å². The number of carbonyl (C=O) groups is 2. The molecule has 1 aromatic heterocycles. The van der Waals surface area contributed by atoms with E-state index in [-0.39, 0.29) is 11.8 Å². The van der Waals surface area contributed by atoms with E-state index in [9.17, 15) is 9.59 Å². The predicted octanol–water partition coefficient (Wildman–Crippen LogP) is 2.39. The summed E-state index contributed by atoms with van der Waals surface area (Å²) < 4.78 is 2.10. The van der Waals surface area contributed by atoms with E-state index in [1.165, 1.54) is 6.92 Å². The lowest BCUT2D eigenvalue weighted by molar-refractivity contribution is -0.114. The zero-order chi connectivity index (χ0) is 16.9. The first-order chi connectivity index (χ1) is 11.6. The van der Waals surface area contributed by atoms with Gasteiger partial charge in [0.15, 0.2) is 0 Å². The smallest absolute Gasteiger partial charge is 0.253 e. The molecular formula is C18H22N4O2. The first-order valence-electron chi connectivity index (χ1n) is 8.24. The van der Waals surface area contributed by atoms with E-state index in [1.54, 1.807) is 30.5 Å². The summed E-state index contributed by atoms with van der Waals surface area (Å²) in [5.74, 6) is 0.532. The highest BCUT2D eigenvalue weighted by molar-refractivity contribution is 5.95. The van der Waals surface area contributed by atoms with Crippen LogP contribution in [0.5, 0.6) is 0 Å². The largest absolute Gasteiger partial charge is 0.339 e. The van der Waals surface area contributed by atoms with E-state index in [0.717, 1.165) is 32.5 Å². The summed E-state index contributed by atoms with van der Waals surface area (Å²) in [7, 11) is 0. The van der Waals surface area contributed by atoms with Crippen molar-refractivity contribution in [2.24, 2.45) is 5.92 Å². The summed E-state index contributed by atoms with van der Waals surface area (Å²) in [5, 5.41) is 2.71. The molecule has 0 spiro atoms. The molecule has 3 rings (SSSR count). The van der Waals surface area contributed by atoms with Gasteiger partial charge in [-0.1, -0.05) is 0 Å². The molecule has 1 saturated heterocycles. The van der Waals surface area contributed by atoms with Crippen molar-refractivity contribution in [3.63, 3.8) is 0 Å². The van der Waals surface area contributed by atoms with E-state index in [0.29, 0.717) is 17.2 Å². The second-order valence-electron chi connectivity index (χ2n) is 6.25. The van der Waals surface area contributed by atoms with E-state index >= 15 is 0 Å². The van der Waals surface area contributed by atoms with Gasteiger partial charge in [-0.25, -0.2) is 4.98 Å². The van der Waals surface area contributed by atoms with Gasteiger partial charge in [-0.15, -0.1) is 0 Å². The lowest BCUT2D eigenvalue weighted by Gasteiger charge is -2.32. The number of aromatic nitrogens is 2. The second-order valence-corrected chi connectivity index (χ2v) is 6.25. The average molecular weight is 326 g/mol. The first kappa shape index (κ1) is 16.2. The fourth-order valence-electron chi connectivity index (χ4n) is 3.09. The molecular weight excluding hydrogens is 304 g/mol. The van der Waals surface area contributed by atoms with Crippen LogP contribution in [0, 0.1) is 5.92 Å². The van der Waals surface area contributed by atoms with Crippen LogP contribution in [-0.2, 0) is 11.3 Å². The molecule has 24 heavy (non-hydrogen) atoms.